The second kappa shape index (κ2) is 7.50. The molecule has 12 heavy (non-hydrogen) atoms. The number of hydrogen-bond donors (Lipinski definition) is 1. The molecule has 66 valence electrons. The van der Waals surface area contributed by atoms with Crippen molar-refractivity contribution in [3.63, 3.8) is 0 Å². The van der Waals surface area contributed by atoms with Crippen molar-refractivity contribution < 1.29 is 0 Å². The molecule has 0 radical (unpaired) electrons. The van der Waals surface area contributed by atoms with Crippen LogP contribution in [0, 0.1) is 0 Å². The Bertz CT molecular complexity index is 222. The Hall–Kier alpha value is -0.150. The fourth-order valence-corrected chi connectivity index (χ4v) is 0.614. The fourth-order valence-electron chi connectivity index (χ4n) is 0.614. The second-order valence-electron chi connectivity index (χ2n) is 1.92. The molecule has 0 bridgehead atoms. The van der Waals surface area contributed by atoms with E-state index in [0.29, 0.717) is 6.54 Å². The Kier molecular flexibility index (Phi) is 7.40. The molecule has 1 aromatic rings. The molecule has 0 aliphatic rings. The predicted octanol–water partition coefficient (Wildman–Crippen LogP) is 2.89. The standard InChI is InChI=1S/C7H9N.CCl2S/c8-6-7-4-2-1-3-5-7;2-1(3)4/h1-5H,6,8H2;. The lowest BCUT2D eigenvalue weighted by Gasteiger charge is -1.90. The van der Waals surface area contributed by atoms with Crippen LogP contribution in [0.3, 0.4) is 0 Å². The van der Waals surface area contributed by atoms with Gasteiger partial charge >= 0.3 is 0 Å². The summed E-state index contributed by atoms with van der Waals surface area (Å²) in [5.74, 6) is 0. The summed E-state index contributed by atoms with van der Waals surface area (Å²) in [6, 6.07) is 9.99. The highest BCUT2D eigenvalue weighted by molar-refractivity contribution is 7.86. The van der Waals surface area contributed by atoms with Crippen LogP contribution in [0.4, 0.5) is 0 Å². The van der Waals surface area contributed by atoms with E-state index in [1.54, 1.807) is 0 Å². The van der Waals surface area contributed by atoms with E-state index in [1.807, 2.05) is 30.3 Å². The van der Waals surface area contributed by atoms with E-state index < -0.39 is 0 Å². The quantitative estimate of drug-likeness (QED) is 0.584. The third-order valence-electron chi connectivity index (χ3n) is 1.08. The van der Waals surface area contributed by atoms with Gasteiger partial charge in [0.05, 0.1) is 0 Å². The number of hydrogen-bond acceptors (Lipinski definition) is 2. The van der Waals surface area contributed by atoms with Gasteiger partial charge in [0.15, 0.2) is 3.78 Å². The van der Waals surface area contributed by atoms with E-state index in [-0.39, 0.29) is 3.78 Å². The average Bonchev–Trinajstić information content (AvgIpc) is 2.05. The van der Waals surface area contributed by atoms with Crippen LogP contribution in [0.15, 0.2) is 30.3 Å². The zero-order chi connectivity index (χ0) is 9.40. The molecule has 0 saturated carbocycles. The van der Waals surface area contributed by atoms with Crippen LogP contribution in [0.5, 0.6) is 0 Å². The second-order valence-corrected chi connectivity index (χ2v) is 3.72. The fraction of sp³-hybridized carbons (Fsp3) is 0.125. The van der Waals surface area contributed by atoms with Crippen LogP contribution >= 0.6 is 35.4 Å². The van der Waals surface area contributed by atoms with Crippen LogP contribution < -0.4 is 5.73 Å². The minimum Gasteiger partial charge on any atom is -0.326 e. The number of rotatable bonds is 1. The smallest absolute Gasteiger partial charge is 0.169 e. The predicted molar refractivity (Wildman–Crippen MR) is 58.6 cm³/mol. The maximum absolute atomic E-state index is 5.35. The van der Waals surface area contributed by atoms with E-state index in [0.717, 1.165) is 0 Å². The normalized spacial score (nSPS) is 8.25. The molecule has 1 aromatic carbocycles. The van der Waals surface area contributed by atoms with Crippen LogP contribution in [0.25, 0.3) is 0 Å². The minimum absolute atomic E-state index is 0.0556. The monoisotopic (exact) mass is 221 g/mol. The summed E-state index contributed by atoms with van der Waals surface area (Å²) < 4.78 is -0.0556. The van der Waals surface area contributed by atoms with Crippen LogP contribution in [-0.2, 0) is 6.54 Å². The number of halogens is 2. The summed E-state index contributed by atoms with van der Waals surface area (Å²) in [6.45, 7) is 0.640. The lowest BCUT2D eigenvalue weighted by Crippen LogP contribution is -1.94. The molecule has 0 aliphatic carbocycles. The van der Waals surface area contributed by atoms with Gasteiger partial charge in [-0.3, -0.25) is 0 Å². The summed E-state index contributed by atoms with van der Waals surface area (Å²) in [5, 5.41) is 0. The molecule has 0 heterocycles. The highest BCUT2D eigenvalue weighted by atomic mass is 35.5. The topological polar surface area (TPSA) is 26.0 Å². The molecule has 0 aromatic heterocycles. The molecule has 4 heteroatoms. The zero-order valence-corrected chi connectivity index (χ0v) is 8.66. The van der Waals surface area contributed by atoms with E-state index in [2.05, 4.69) is 12.2 Å². The van der Waals surface area contributed by atoms with Gasteiger partial charge < -0.3 is 5.73 Å². The molecule has 2 N–H and O–H groups in total. The Morgan fingerprint density at radius 1 is 1.25 bits per heavy atom. The van der Waals surface area contributed by atoms with Gasteiger partial charge in [-0.25, -0.2) is 0 Å². The number of nitrogens with two attached hydrogens (primary N) is 1. The van der Waals surface area contributed by atoms with Gasteiger partial charge in [-0.2, -0.15) is 0 Å². The molecular weight excluding hydrogens is 213 g/mol. The first-order chi connectivity index (χ1) is 5.66. The minimum atomic E-state index is -0.0556. The molecule has 1 rings (SSSR count). The van der Waals surface area contributed by atoms with Gasteiger partial charge in [0, 0.05) is 6.54 Å². The van der Waals surface area contributed by atoms with E-state index >= 15 is 0 Å². The van der Waals surface area contributed by atoms with Gasteiger partial charge in [-0.05, 0) is 5.56 Å². The summed E-state index contributed by atoms with van der Waals surface area (Å²) >= 11 is 13.6. The molecule has 0 amide bonds. The molecule has 1 nitrogen and oxygen atoms in total. The highest BCUT2D eigenvalue weighted by Crippen LogP contribution is 1.94. The van der Waals surface area contributed by atoms with Crippen molar-refractivity contribution in [1.82, 2.24) is 0 Å². The van der Waals surface area contributed by atoms with E-state index in [4.69, 9.17) is 28.9 Å². The van der Waals surface area contributed by atoms with Crippen molar-refractivity contribution in [3.05, 3.63) is 35.9 Å². The third kappa shape index (κ3) is 7.95. The van der Waals surface area contributed by atoms with E-state index in [1.165, 1.54) is 5.56 Å². The maximum atomic E-state index is 5.35. The van der Waals surface area contributed by atoms with Crippen molar-refractivity contribution in [2.45, 2.75) is 6.54 Å². The van der Waals surface area contributed by atoms with Crippen molar-refractivity contribution in [1.29, 1.82) is 0 Å². The maximum Gasteiger partial charge on any atom is 0.169 e. The van der Waals surface area contributed by atoms with Crippen LogP contribution in [0.1, 0.15) is 5.56 Å². The molecule has 0 aliphatic heterocycles. The molecule has 0 spiro atoms. The number of benzene rings is 1. The van der Waals surface area contributed by atoms with Crippen molar-refractivity contribution in [2.24, 2.45) is 5.73 Å². The average molecular weight is 222 g/mol. The molecule has 0 saturated heterocycles. The molecular formula is C8H9Cl2NS. The Morgan fingerprint density at radius 3 is 1.92 bits per heavy atom. The van der Waals surface area contributed by atoms with Crippen LogP contribution in [-0.4, -0.2) is 3.78 Å². The van der Waals surface area contributed by atoms with Gasteiger partial charge in [0.1, 0.15) is 0 Å². The summed E-state index contributed by atoms with van der Waals surface area (Å²) in [7, 11) is 0. The SMILES string of the molecule is NCc1ccccc1.S=C(Cl)Cl. The Morgan fingerprint density at radius 2 is 1.67 bits per heavy atom. The molecule has 0 unspecified atom stereocenters. The van der Waals surface area contributed by atoms with Crippen LogP contribution in [0.2, 0.25) is 0 Å². The largest absolute Gasteiger partial charge is 0.326 e. The summed E-state index contributed by atoms with van der Waals surface area (Å²) in [6.07, 6.45) is 0. The first kappa shape index (κ1) is 11.8. The van der Waals surface area contributed by atoms with Crippen molar-refractivity contribution in [2.75, 3.05) is 0 Å². The zero-order valence-electron chi connectivity index (χ0n) is 6.34. The first-order valence-corrected chi connectivity index (χ1v) is 4.42. The molecule has 0 atom stereocenters. The first-order valence-electron chi connectivity index (χ1n) is 3.25. The summed E-state index contributed by atoms with van der Waals surface area (Å²) in [4.78, 5) is 0. The lowest BCUT2D eigenvalue weighted by atomic mass is 10.2. The third-order valence-corrected chi connectivity index (χ3v) is 1.08. The summed E-state index contributed by atoms with van der Waals surface area (Å²) in [5.41, 5.74) is 6.54. The Labute approximate surface area is 87.5 Å². The number of thiocarbonyl (C=S) groups is 1. The highest BCUT2D eigenvalue weighted by Gasteiger charge is 1.80. The lowest BCUT2D eigenvalue weighted by molar-refractivity contribution is 1.07. The van der Waals surface area contributed by atoms with E-state index in [9.17, 15) is 0 Å². The molecule has 0 fully saturated rings. The van der Waals surface area contributed by atoms with Gasteiger partial charge in [-0.15, -0.1) is 0 Å². The van der Waals surface area contributed by atoms with Gasteiger partial charge in [0.2, 0.25) is 0 Å². The Balaban J connectivity index is 0.000000261. The van der Waals surface area contributed by atoms with Crippen molar-refractivity contribution in [3.8, 4) is 0 Å². The van der Waals surface area contributed by atoms with Gasteiger partial charge in [-0.1, -0.05) is 65.8 Å². The van der Waals surface area contributed by atoms with Crippen molar-refractivity contribution >= 4 is 39.2 Å². The van der Waals surface area contributed by atoms with Gasteiger partial charge in [0.25, 0.3) is 0 Å².